The summed E-state index contributed by atoms with van der Waals surface area (Å²) in [4.78, 5) is 14.1. The van der Waals surface area contributed by atoms with E-state index < -0.39 is 10.2 Å². The lowest BCUT2D eigenvalue weighted by atomic mass is 10.1. The number of carbonyl (C=O) groups excluding carboxylic acids is 1. The smallest absolute Gasteiger partial charge is 0.277 e. The first-order valence-corrected chi connectivity index (χ1v) is 8.15. The lowest BCUT2D eigenvalue weighted by Crippen LogP contribution is -2.52. The Morgan fingerprint density at radius 2 is 1.55 bits per heavy atom. The predicted octanol–water partition coefficient (Wildman–Crippen LogP) is -0.335. The van der Waals surface area contributed by atoms with Crippen molar-refractivity contribution >= 4 is 16.1 Å². The number of ether oxygens (including phenoxy) is 2. The van der Waals surface area contributed by atoms with Gasteiger partial charge in [-0.1, -0.05) is 0 Å². The van der Waals surface area contributed by atoms with Crippen LogP contribution in [0.1, 0.15) is 10.4 Å². The molecule has 2 rings (SSSR count). The summed E-state index contributed by atoms with van der Waals surface area (Å²) in [6.07, 6.45) is 0. The number of benzene rings is 1. The molecule has 22 heavy (non-hydrogen) atoms. The Morgan fingerprint density at radius 3 is 1.95 bits per heavy atom. The second kappa shape index (κ2) is 6.51. The minimum Gasteiger partial charge on any atom is -0.497 e. The molecule has 0 aromatic heterocycles. The Hall–Kier alpha value is -1.84. The van der Waals surface area contributed by atoms with Gasteiger partial charge in [-0.15, -0.1) is 0 Å². The van der Waals surface area contributed by atoms with Crippen molar-refractivity contribution in [2.24, 2.45) is 5.14 Å². The number of nitrogens with two attached hydrogens (primary N) is 1. The molecule has 0 saturated carbocycles. The Kier molecular flexibility index (Phi) is 4.89. The maximum absolute atomic E-state index is 12.5. The van der Waals surface area contributed by atoms with Crippen LogP contribution in [0.3, 0.4) is 0 Å². The van der Waals surface area contributed by atoms with Crippen molar-refractivity contribution in [2.75, 3.05) is 40.4 Å². The lowest BCUT2D eigenvalue weighted by Gasteiger charge is -2.33. The van der Waals surface area contributed by atoms with E-state index in [0.29, 0.717) is 17.1 Å². The minimum atomic E-state index is -3.71. The molecule has 1 saturated heterocycles. The quantitative estimate of drug-likeness (QED) is 0.814. The fourth-order valence-corrected chi connectivity index (χ4v) is 2.93. The number of amides is 1. The van der Waals surface area contributed by atoms with Gasteiger partial charge in [0.05, 0.1) is 14.2 Å². The van der Waals surface area contributed by atoms with Crippen LogP contribution in [0.2, 0.25) is 0 Å². The third-order valence-electron chi connectivity index (χ3n) is 3.48. The van der Waals surface area contributed by atoms with Crippen LogP contribution >= 0.6 is 0 Å². The fraction of sp³-hybridized carbons (Fsp3) is 0.462. The molecule has 2 N–H and O–H groups in total. The summed E-state index contributed by atoms with van der Waals surface area (Å²) in [7, 11) is -0.690. The van der Waals surface area contributed by atoms with Gasteiger partial charge in [-0.05, 0) is 12.1 Å². The van der Waals surface area contributed by atoms with Crippen molar-refractivity contribution in [3.63, 3.8) is 0 Å². The standard InChI is InChI=1S/C13H19N3O5S/c1-20-11-7-10(8-12(9-11)21-2)13(17)15-3-5-16(6-4-15)22(14,18)19/h7-9H,3-6H2,1-2H3,(H2,14,18,19). The normalized spacial score (nSPS) is 16.4. The van der Waals surface area contributed by atoms with Crippen molar-refractivity contribution in [1.82, 2.24) is 9.21 Å². The van der Waals surface area contributed by atoms with Gasteiger partial charge in [0, 0.05) is 37.8 Å². The molecular formula is C13H19N3O5S. The van der Waals surface area contributed by atoms with Gasteiger partial charge in [0.25, 0.3) is 16.1 Å². The first-order valence-electron chi connectivity index (χ1n) is 6.65. The van der Waals surface area contributed by atoms with Gasteiger partial charge in [0.2, 0.25) is 0 Å². The van der Waals surface area contributed by atoms with Crippen molar-refractivity contribution in [3.8, 4) is 11.5 Å². The van der Waals surface area contributed by atoms with E-state index in [1.165, 1.54) is 14.2 Å². The second-order valence-electron chi connectivity index (χ2n) is 4.84. The van der Waals surface area contributed by atoms with E-state index in [1.807, 2.05) is 0 Å². The van der Waals surface area contributed by atoms with Crippen LogP contribution in [0.25, 0.3) is 0 Å². The fourth-order valence-electron chi connectivity index (χ4n) is 2.26. The molecule has 0 radical (unpaired) electrons. The van der Waals surface area contributed by atoms with Crippen LogP contribution in [0, 0.1) is 0 Å². The summed E-state index contributed by atoms with van der Waals surface area (Å²) in [5.41, 5.74) is 0.431. The molecule has 0 unspecified atom stereocenters. The van der Waals surface area contributed by atoms with Crippen molar-refractivity contribution < 1.29 is 22.7 Å². The van der Waals surface area contributed by atoms with Gasteiger partial charge < -0.3 is 14.4 Å². The highest BCUT2D eigenvalue weighted by Gasteiger charge is 2.27. The average molecular weight is 329 g/mol. The summed E-state index contributed by atoms with van der Waals surface area (Å²) in [6.45, 7) is 0.945. The average Bonchev–Trinajstić information content (AvgIpc) is 2.52. The summed E-state index contributed by atoms with van der Waals surface area (Å²) in [5.74, 6) is 0.836. The molecular weight excluding hydrogens is 310 g/mol. The maximum Gasteiger partial charge on any atom is 0.277 e. The predicted molar refractivity (Wildman–Crippen MR) is 80.1 cm³/mol. The van der Waals surface area contributed by atoms with Gasteiger partial charge in [-0.3, -0.25) is 4.79 Å². The number of hydrogen-bond acceptors (Lipinski definition) is 5. The van der Waals surface area contributed by atoms with Crippen LogP contribution in [0.4, 0.5) is 0 Å². The molecule has 0 spiro atoms. The molecule has 1 fully saturated rings. The van der Waals surface area contributed by atoms with Gasteiger partial charge in [0.1, 0.15) is 11.5 Å². The van der Waals surface area contributed by atoms with Gasteiger partial charge in [-0.25, -0.2) is 5.14 Å². The zero-order chi connectivity index (χ0) is 16.3. The molecule has 1 aliphatic rings. The molecule has 1 aromatic rings. The first-order chi connectivity index (χ1) is 10.3. The van der Waals surface area contributed by atoms with Crippen molar-refractivity contribution in [1.29, 1.82) is 0 Å². The number of hydrogen-bond donors (Lipinski definition) is 1. The molecule has 122 valence electrons. The Morgan fingerprint density at radius 1 is 1.05 bits per heavy atom. The van der Waals surface area contributed by atoms with Gasteiger partial charge in [-0.2, -0.15) is 12.7 Å². The SMILES string of the molecule is COc1cc(OC)cc(C(=O)N2CCN(S(N)(=O)=O)CC2)c1. The van der Waals surface area contributed by atoms with Crippen LogP contribution in [0.5, 0.6) is 11.5 Å². The summed E-state index contributed by atoms with van der Waals surface area (Å²) in [5, 5.41) is 5.08. The number of nitrogens with zero attached hydrogens (tertiary/aromatic N) is 2. The topological polar surface area (TPSA) is 102 Å². The highest BCUT2D eigenvalue weighted by Crippen LogP contribution is 2.23. The maximum atomic E-state index is 12.5. The largest absolute Gasteiger partial charge is 0.497 e. The minimum absolute atomic E-state index is 0.186. The van der Waals surface area contributed by atoms with E-state index in [1.54, 1.807) is 23.1 Å². The highest BCUT2D eigenvalue weighted by molar-refractivity contribution is 7.86. The Labute approximate surface area is 129 Å². The molecule has 1 amide bonds. The first kappa shape index (κ1) is 16.5. The van der Waals surface area contributed by atoms with E-state index in [0.717, 1.165) is 4.31 Å². The summed E-state index contributed by atoms with van der Waals surface area (Å²) in [6, 6.07) is 4.92. The van der Waals surface area contributed by atoms with Gasteiger partial charge in [0.15, 0.2) is 0 Å². The van der Waals surface area contributed by atoms with E-state index in [2.05, 4.69) is 0 Å². The molecule has 9 heteroatoms. The van der Waals surface area contributed by atoms with Crippen LogP contribution in [-0.2, 0) is 10.2 Å². The number of rotatable bonds is 4. The number of piperazine rings is 1. The second-order valence-corrected chi connectivity index (χ2v) is 6.38. The van der Waals surface area contributed by atoms with E-state index in [9.17, 15) is 13.2 Å². The van der Waals surface area contributed by atoms with Crippen molar-refractivity contribution in [2.45, 2.75) is 0 Å². The Bertz CT molecular complexity index is 631. The van der Waals surface area contributed by atoms with Gasteiger partial charge >= 0.3 is 0 Å². The molecule has 1 aliphatic heterocycles. The number of methoxy groups -OCH3 is 2. The molecule has 8 nitrogen and oxygen atoms in total. The van der Waals surface area contributed by atoms with Crippen molar-refractivity contribution in [3.05, 3.63) is 23.8 Å². The molecule has 1 heterocycles. The lowest BCUT2D eigenvalue weighted by molar-refractivity contribution is 0.0697. The van der Waals surface area contributed by atoms with Crippen LogP contribution in [-0.4, -0.2) is 63.9 Å². The molecule has 1 aromatic carbocycles. The van der Waals surface area contributed by atoms with E-state index in [-0.39, 0.29) is 32.1 Å². The summed E-state index contributed by atoms with van der Waals surface area (Å²) < 4.78 is 34.0. The molecule has 0 atom stereocenters. The van der Waals surface area contributed by atoms with E-state index in [4.69, 9.17) is 14.6 Å². The highest BCUT2D eigenvalue weighted by atomic mass is 32.2. The molecule has 0 aliphatic carbocycles. The van der Waals surface area contributed by atoms with Crippen LogP contribution < -0.4 is 14.6 Å². The zero-order valence-corrected chi connectivity index (χ0v) is 13.3. The molecule has 0 bridgehead atoms. The zero-order valence-electron chi connectivity index (χ0n) is 12.5. The summed E-state index contributed by atoms with van der Waals surface area (Å²) >= 11 is 0. The monoisotopic (exact) mass is 329 g/mol. The third kappa shape index (κ3) is 3.67. The van der Waals surface area contributed by atoms with E-state index >= 15 is 0 Å². The third-order valence-corrected chi connectivity index (χ3v) is 4.57. The van der Waals surface area contributed by atoms with Crippen LogP contribution in [0.15, 0.2) is 18.2 Å². The Balaban J connectivity index is 2.13. The number of carbonyl (C=O) groups is 1.